The molecule has 0 unspecified atom stereocenters. The van der Waals surface area contributed by atoms with Crippen LogP contribution in [0.25, 0.3) is 10.8 Å². The van der Waals surface area contributed by atoms with Crippen molar-refractivity contribution in [1.29, 1.82) is 0 Å². The van der Waals surface area contributed by atoms with E-state index in [4.69, 9.17) is 9.47 Å². The van der Waals surface area contributed by atoms with Gasteiger partial charge in [-0.3, -0.25) is 19.4 Å². The molecule has 0 radical (unpaired) electrons. The second-order valence-electron chi connectivity index (χ2n) is 8.79. The average Bonchev–Trinajstić information content (AvgIpc) is 3.42. The molecule has 2 amide bonds. The largest absolute Gasteiger partial charge is 0.454 e. The van der Waals surface area contributed by atoms with Gasteiger partial charge in [0.25, 0.3) is 5.91 Å². The molecule has 3 aliphatic heterocycles. The first-order chi connectivity index (χ1) is 16.2. The molecule has 2 saturated heterocycles. The van der Waals surface area contributed by atoms with E-state index in [9.17, 15) is 9.59 Å². The quantitative estimate of drug-likeness (QED) is 0.578. The van der Waals surface area contributed by atoms with Crippen molar-refractivity contribution >= 4 is 28.3 Å². The van der Waals surface area contributed by atoms with Crippen LogP contribution in [-0.2, 0) is 16.1 Å². The van der Waals surface area contributed by atoms with Gasteiger partial charge in [0.05, 0.1) is 18.2 Å². The number of piperazine rings is 1. The Kier molecular flexibility index (Phi) is 5.00. The van der Waals surface area contributed by atoms with Gasteiger partial charge in [-0.05, 0) is 29.1 Å². The zero-order valence-corrected chi connectivity index (χ0v) is 18.3. The molecular weight excluding hydrogens is 418 g/mol. The maximum atomic E-state index is 13.4. The first kappa shape index (κ1) is 20.2. The molecule has 0 saturated carbocycles. The molecular formula is C26H25N3O4. The molecule has 7 heteroatoms. The Hall–Kier alpha value is -3.42. The molecule has 0 bridgehead atoms. The highest BCUT2D eigenvalue weighted by atomic mass is 16.7. The number of anilines is 1. The number of amides is 2. The highest BCUT2D eigenvalue weighted by molar-refractivity contribution is 6.25. The van der Waals surface area contributed by atoms with Crippen molar-refractivity contribution in [2.24, 2.45) is 0 Å². The second kappa shape index (κ2) is 8.17. The number of hydrogen-bond donors (Lipinski definition) is 0. The fourth-order valence-electron chi connectivity index (χ4n) is 5.09. The zero-order chi connectivity index (χ0) is 22.4. The molecule has 3 aromatic rings. The van der Waals surface area contributed by atoms with Crippen molar-refractivity contribution < 1.29 is 19.1 Å². The summed E-state index contributed by atoms with van der Waals surface area (Å²) in [6.45, 7) is 4.32. The van der Waals surface area contributed by atoms with Crippen LogP contribution in [0.4, 0.5) is 5.69 Å². The minimum atomic E-state index is -0.385. The lowest BCUT2D eigenvalue weighted by atomic mass is 10.1. The Morgan fingerprint density at radius 3 is 2.52 bits per heavy atom. The maximum absolute atomic E-state index is 13.4. The summed E-state index contributed by atoms with van der Waals surface area (Å²) in [7, 11) is 0. The number of benzene rings is 3. The predicted octanol–water partition coefficient (Wildman–Crippen LogP) is 3.02. The maximum Gasteiger partial charge on any atom is 0.251 e. The van der Waals surface area contributed by atoms with Crippen molar-refractivity contribution in [1.82, 2.24) is 9.80 Å². The Labute approximate surface area is 192 Å². The number of ether oxygens (including phenoxy) is 2. The Balaban J connectivity index is 1.13. The van der Waals surface area contributed by atoms with Gasteiger partial charge in [0.2, 0.25) is 12.7 Å². The third-order valence-electron chi connectivity index (χ3n) is 6.82. The van der Waals surface area contributed by atoms with Gasteiger partial charge < -0.3 is 9.47 Å². The average molecular weight is 444 g/mol. The topological polar surface area (TPSA) is 62.3 Å². The lowest BCUT2D eigenvalue weighted by Crippen LogP contribution is -2.52. The summed E-state index contributed by atoms with van der Waals surface area (Å²) in [5.41, 5.74) is 1.87. The lowest BCUT2D eigenvalue weighted by Gasteiger charge is -2.37. The SMILES string of the molecule is O=C1C[C@@H](N2CCN(Cc3ccc4c(c3)OCO4)CC2)C(=O)N1c1cccc2ccccc12. The summed E-state index contributed by atoms with van der Waals surface area (Å²) in [4.78, 5) is 32.2. The monoisotopic (exact) mass is 443 g/mol. The minimum absolute atomic E-state index is 0.111. The number of imide groups is 1. The number of rotatable bonds is 4. The van der Waals surface area contributed by atoms with E-state index in [1.54, 1.807) is 0 Å². The van der Waals surface area contributed by atoms with E-state index in [1.807, 2.05) is 54.6 Å². The molecule has 3 aromatic carbocycles. The van der Waals surface area contributed by atoms with Gasteiger partial charge in [-0.25, -0.2) is 4.90 Å². The Morgan fingerprint density at radius 1 is 0.848 bits per heavy atom. The molecule has 0 N–H and O–H groups in total. The highest BCUT2D eigenvalue weighted by Gasteiger charge is 2.43. The van der Waals surface area contributed by atoms with Gasteiger partial charge in [0.1, 0.15) is 0 Å². The molecule has 6 rings (SSSR count). The fraction of sp³-hybridized carbons (Fsp3) is 0.308. The van der Waals surface area contributed by atoms with Gasteiger partial charge in [0, 0.05) is 38.1 Å². The highest BCUT2D eigenvalue weighted by Crippen LogP contribution is 2.34. The Morgan fingerprint density at radius 2 is 1.64 bits per heavy atom. The molecule has 1 atom stereocenters. The van der Waals surface area contributed by atoms with E-state index in [0.717, 1.165) is 55.0 Å². The van der Waals surface area contributed by atoms with Crippen molar-refractivity contribution in [3.63, 3.8) is 0 Å². The summed E-state index contributed by atoms with van der Waals surface area (Å²) in [5, 5.41) is 1.95. The van der Waals surface area contributed by atoms with Gasteiger partial charge in [-0.15, -0.1) is 0 Å². The van der Waals surface area contributed by atoms with Gasteiger partial charge in [-0.2, -0.15) is 0 Å². The number of nitrogens with zero attached hydrogens (tertiary/aromatic N) is 3. The molecule has 3 aliphatic rings. The lowest BCUT2D eigenvalue weighted by molar-refractivity contribution is -0.123. The molecule has 3 heterocycles. The molecule has 0 aromatic heterocycles. The molecule has 7 nitrogen and oxygen atoms in total. The van der Waals surface area contributed by atoms with Crippen LogP contribution < -0.4 is 14.4 Å². The number of carbonyl (C=O) groups excluding carboxylic acids is 2. The standard InChI is InChI=1S/C26H25N3O4/c30-25-15-22(26(31)29(25)21-7-3-5-19-4-1-2-6-20(19)21)28-12-10-27(11-13-28)16-18-8-9-23-24(14-18)33-17-32-23/h1-9,14,22H,10-13,15-17H2/t22-/m1/s1. The van der Waals surface area contributed by atoms with E-state index in [0.29, 0.717) is 5.69 Å². The van der Waals surface area contributed by atoms with E-state index in [1.165, 1.54) is 10.5 Å². The van der Waals surface area contributed by atoms with Crippen LogP contribution >= 0.6 is 0 Å². The van der Waals surface area contributed by atoms with Crippen LogP contribution in [0, 0.1) is 0 Å². The summed E-state index contributed by atoms with van der Waals surface area (Å²) < 4.78 is 10.9. The van der Waals surface area contributed by atoms with Crippen LogP contribution in [-0.4, -0.2) is 60.6 Å². The third-order valence-corrected chi connectivity index (χ3v) is 6.82. The predicted molar refractivity (Wildman–Crippen MR) is 124 cm³/mol. The normalized spacial score (nSPS) is 21.3. The third kappa shape index (κ3) is 3.63. The Bertz CT molecular complexity index is 1230. The van der Waals surface area contributed by atoms with Gasteiger partial charge in [0.15, 0.2) is 11.5 Å². The zero-order valence-electron chi connectivity index (χ0n) is 18.3. The summed E-state index contributed by atoms with van der Waals surface area (Å²) in [6, 6.07) is 19.3. The fourth-order valence-corrected chi connectivity index (χ4v) is 5.09. The van der Waals surface area contributed by atoms with E-state index < -0.39 is 0 Å². The molecule has 33 heavy (non-hydrogen) atoms. The summed E-state index contributed by atoms with van der Waals surface area (Å²) in [5.74, 6) is 1.36. The van der Waals surface area contributed by atoms with Gasteiger partial charge >= 0.3 is 0 Å². The molecule has 168 valence electrons. The summed E-state index contributed by atoms with van der Waals surface area (Å²) in [6.07, 6.45) is 0.240. The number of fused-ring (bicyclic) bond motifs is 2. The first-order valence-electron chi connectivity index (χ1n) is 11.4. The van der Waals surface area contributed by atoms with Crippen LogP contribution in [0.15, 0.2) is 60.7 Å². The van der Waals surface area contributed by atoms with Crippen molar-refractivity contribution in [2.45, 2.75) is 19.0 Å². The smallest absolute Gasteiger partial charge is 0.251 e. The second-order valence-corrected chi connectivity index (χ2v) is 8.79. The van der Waals surface area contributed by atoms with Crippen molar-refractivity contribution in [3.05, 3.63) is 66.2 Å². The molecule has 0 spiro atoms. The van der Waals surface area contributed by atoms with E-state index in [-0.39, 0.29) is 31.1 Å². The van der Waals surface area contributed by atoms with E-state index >= 15 is 0 Å². The summed E-state index contributed by atoms with van der Waals surface area (Å²) >= 11 is 0. The van der Waals surface area contributed by atoms with Crippen LogP contribution in [0.5, 0.6) is 11.5 Å². The first-order valence-corrected chi connectivity index (χ1v) is 11.4. The molecule has 0 aliphatic carbocycles. The number of hydrogen-bond acceptors (Lipinski definition) is 6. The van der Waals surface area contributed by atoms with Crippen LogP contribution in [0.1, 0.15) is 12.0 Å². The van der Waals surface area contributed by atoms with Crippen LogP contribution in [0.2, 0.25) is 0 Å². The van der Waals surface area contributed by atoms with E-state index in [2.05, 4.69) is 15.9 Å². The van der Waals surface area contributed by atoms with Crippen molar-refractivity contribution in [2.75, 3.05) is 37.9 Å². The number of carbonyl (C=O) groups is 2. The minimum Gasteiger partial charge on any atom is -0.454 e. The molecule has 2 fully saturated rings. The van der Waals surface area contributed by atoms with Crippen molar-refractivity contribution in [3.8, 4) is 11.5 Å². The van der Waals surface area contributed by atoms with Crippen LogP contribution in [0.3, 0.4) is 0 Å². The van der Waals surface area contributed by atoms with Gasteiger partial charge in [-0.1, -0.05) is 42.5 Å².